The van der Waals surface area contributed by atoms with Crippen LogP contribution in [-0.2, 0) is 12.8 Å². The maximum absolute atomic E-state index is 13.6. The van der Waals surface area contributed by atoms with E-state index in [0.29, 0.717) is 0 Å². The van der Waals surface area contributed by atoms with Crippen LogP contribution >= 0.6 is 0 Å². The van der Waals surface area contributed by atoms with E-state index in [-0.39, 0.29) is 17.2 Å². The van der Waals surface area contributed by atoms with Gasteiger partial charge < -0.3 is 20.3 Å². The van der Waals surface area contributed by atoms with Crippen LogP contribution in [0.15, 0.2) is 158 Å². The van der Waals surface area contributed by atoms with Crippen LogP contribution in [0.1, 0.15) is 21.5 Å². The van der Waals surface area contributed by atoms with Gasteiger partial charge in [0.15, 0.2) is 0 Å². The van der Waals surface area contributed by atoms with Crippen LogP contribution in [-0.4, -0.2) is 16.0 Å². The largest absolute Gasteiger partial charge is 0.507 e. The number of fused-ring (bicyclic) bond motifs is 5. The quantitative estimate of drug-likeness (QED) is 0.158. The fourth-order valence-corrected chi connectivity index (χ4v) is 6.61. The number of anilines is 4. The van der Waals surface area contributed by atoms with Crippen LogP contribution in [0.5, 0.6) is 5.75 Å². The van der Waals surface area contributed by atoms with E-state index in [0.717, 1.165) is 73.7 Å². The summed E-state index contributed by atoms with van der Waals surface area (Å²) in [5, 5.41) is 18.1. The number of aromatic amines is 1. The first-order valence-electron chi connectivity index (χ1n) is 16.2. The topological polar surface area (TPSA) is 68.4 Å². The van der Waals surface area contributed by atoms with Gasteiger partial charge in [0.1, 0.15) is 5.75 Å². The maximum atomic E-state index is 13.6. The van der Waals surface area contributed by atoms with Crippen LogP contribution in [0.3, 0.4) is 0 Å². The molecule has 0 bridgehead atoms. The van der Waals surface area contributed by atoms with E-state index in [9.17, 15) is 9.90 Å². The predicted octanol–water partition coefficient (Wildman–Crippen LogP) is 10.7. The zero-order chi connectivity index (χ0) is 32.5. The summed E-state index contributed by atoms with van der Waals surface area (Å²) in [6, 6.07) is 53.0. The number of carbonyl (C=O) groups excluding carboxylic acids is 1. The van der Waals surface area contributed by atoms with E-state index in [1.54, 1.807) is 12.1 Å². The normalized spacial score (nSPS) is 11.2. The van der Waals surface area contributed by atoms with Crippen LogP contribution in [0.25, 0.3) is 32.6 Å². The molecule has 0 aliphatic heterocycles. The lowest BCUT2D eigenvalue weighted by Gasteiger charge is -2.25. The van der Waals surface area contributed by atoms with Crippen molar-refractivity contribution in [2.75, 3.05) is 10.2 Å². The molecule has 0 atom stereocenters. The number of aromatic hydroxyl groups is 1. The summed E-state index contributed by atoms with van der Waals surface area (Å²) in [4.78, 5) is 19.3. The minimum Gasteiger partial charge on any atom is -0.507 e. The van der Waals surface area contributed by atoms with Crippen molar-refractivity contribution < 1.29 is 9.90 Å². The molecule has 232 valence electrons. The molecule has 8 rings (SSSR count). The van der Waals surface area contributed by atoms with Gasteiger partial charge in [-0.15, -0.1) is 0 Å². The summed E-state index contributed by atoms with van der Waals surface area (Å²) < 4.78 is 0. The van der Waals surface area contributed by atoms with Crippen molar-refractivity contribution in [3.8, 4) is 5.75 Å². The third kappa shape index (κ3) is 5.52. The third-order valence-corrected chi connectivity index (χ3v) is 9.03. The van der Waals surface area contributed by atoms with Gasteiger partial charge >= 0.3 is 0 Å². The number of nitrogens with zero attached hydrogens (tertiary/aromatic N) is 1. The average Bonchev–Trinajstić information content (AvgIpc) is 3.52. The van der Waals surface area contributed by atoms with Crippen molar-refractivity contribution in [1.29, 1.82) is 0 Å². The number of carbonyl (C=O) groups is 1. The molecule has 3 N–H and O–H groups in total. The van der Waals surface area contributed by atoms with Gasteiger partial charge in [-0.3, -0.25) is 4.79 Å². The maximum Gasteiger partial charge on any atom is 0.259 e. The summed E-state index contributed by atoms with van der Waals surface area (Å²) in [7, 11) is 0. The first-order chi connectivity index (χ1) is 23.6. The molecule has 5 heteroatoms. The van der Waals surface area contributed by atoms with Gasteiger partial charge in [-0.25, -0.2) is 0 Å². The third-order valence-electron chi connectivity index (χ3n) is 9.03. The van der Waals surface area contributed by atoms with Crippen LogP contribution in [0.2, 0.25) is 0 Å². The Balaban J connectivity index is 1.01. The second-order valence-electron chi connectivity index (χ2n) is 12.0. The van der Waals surface area contributed by atoms with Gasteiger partial charge in [0, 0.05) is 44.4 Å². The summed E-state index contributed by atoms with van der Waals surface area (Å²) in [6.07, 6.45) is 1.56. The molecule has 0 spiro atoms. The first-order valence-corrected chi connectivity index (χ1v) is 16.2. The van der Waals surface area contributed by atoms with Gasteiger partial charge in [0.25, 0.3) is 5.91 Å². The van der Waals surface area contributed by atoms with Crippen LogP contribution in [0.4, 0.5) is 22.7 Å². The minimum atomic E-state index is -0.343. The number of aryl methyl sites for hydroxylation is 2. The molecule has 1 heterocycles. The Morgan fingerprint density at radius 3 is 2.00 bits per heavy atom. The van der Waals surface area contributed by atoms with Gasteiger partial charge in [0.05, 0.1) is 11.1 Å². The van der Waals surface area contributed by atoms with E-state index < -0.39 is 0 Å². The Labute approximate surface area is 278 Å². The molecule has 0 radical (unpaired) electrons. The number of phenols is 1. The highest BCUT2D eigenvalue weighted by molar-refractivity contribution is 6.18. The highest BCUT2D eigenvalue weighted by Gasteiger charge is 2.17. The van der Waals surface area contributed by atoms with Crippen LogP contribution in [0, 0.1) is 0 Å². The number of phenolic OH excluding ortho intramolecular Hbond substituents is 1. The SMILES string of the molecule is O=C(Nc1ccccc1CCc1ccc(N(c2ccccc2)c2ccccc2)cc1)c1cc2ccc3c4ccccc4[nH]c3c2cc1O. The van der Waals surface area contributed by atoms with Crippen LogP contribution < -0.4 is 10.2 Å². The average molecular weight is 624 g/mol. The number of aromatic nitrogens is 1. The van der Waals surface area contributed by atoms with Gasteiger partial charge in [-0.05, 0) is 90.0 Å². The summed E-state index contributed by atoms with van der Waals surface area (Å²) in [6.45, 7) is 0. The van der Waals surface area contributed by atoms with E-state index in [2.05, 4.69) is 100 Å². The predicted molar refractivity (Wildman–Crippen MR) is 198 cm³/mol. The number of nitrogens with one attached hydrogen (secondary N) is 2. The Hall–Kier alpha value is -6.33. The molecule has 8 aromatic rings. The molecule has 7 aromatic carbocycles. The molecule has 5 nitrogen and oxygen atoms in total. The zero-order valence-electron chi connectivity index (χ0n) is 26.2. The van der Waals surface area contributed by atoms with Crippen molar-refractivity contribution in [2.45, 2.75) is 12.8 Å². The van der Waals surface area contributed by atoms with Gasteiger partial charge in [-0.1, -0.05) is 97.1 Å². The first kappa shape index (κ1) is 29.1. The Morgan fingerprint density at radius 1 is 0.604 bits per heavy atom. The molecule has 48 heavy (non-hydrogen) atoms. The number of hydrogen-bond acceptors (Lipinski definition) is 3. The second kappa shape index (κ2) is 12.5. The van der Waals surface area contributed by atoms with Crippen molar-refractivity contribution >= 4 is 61.2 Å². The van der Waals surface area contributed by atoms with Gasteiger partial charge in [-0.2, -0.15) is 0 Å². The highest BCUT2D eigenvalue weighted by Crippen LogP contribution is 2.36. The summed E-state index contributed by atoms with van der Waals surface area (Å²) >= 11 is 0. The molecule has 0 unspecified atom stereocenters. The van der Waals surface area contributed by atoms with E-state index >= 15 is 0 Å². The fraction of sp³-hybridized carbons (Fsp3) is 0.0465. The molecule has 0 saturated heterocycles. The molecular weight excluding hydrogens is 590 g/mol. The number of benzene rings is 7. The lowest BCUT2D eigenvalue weighted by Crippen LogP contribution is -2.14. The Kier molecular flexibility index (Phi) is 7.55. The molecule has 1 amide bonds. The second-order valence-corrected chi connectivity index (χ2v) is 12.0. The van der Waals surface area contributed by atoms with E-state index in [4.69, 9.17) is 0 Å². The van der Waals surface area contributed by atoms with E-state index in [1.165, 1.54) is 5.56 Å². The fourth-order valence-electron chi connectivity index (χ4n) is 6.61. The van der Waals surface area contributed by atoms with Crippen molar-refractivity contribution in [1.82, 2.24) is 4.98 Å². The summed E-state index contributed by atoms with van der Waals surface area (Å²) in [5.74, 6) is -0.395. The smallest absolute Gasteiger partial charge is 0.259 e. The Bertz CT molecular complexity index is 2360. The molecular formula is C43H33N3O2. The lowest BCUT2D eigenvalue weighted by molar-refractivity contribution is 0.102. The molecule has 0 saturated carbocycles. The number of hydrogen-bond donors (Lipinski definition) is 3. The molecule has 0 fully saturated rings. The number of H-pyrrole nitrogens is 1. The molecule has 1 aromatic heterocycles. The number of rotatable bonds is 8. The van der Waals surface area contributed by atoms with E-state index in [1.807, 2.05) is 60.7 Å². The zero-order valence-corrected chi connectivity index (χ0v) is 26.2. The lowest BCUT2D eigenvalue weighted by atomic mass is 10.0. The standard InChI is InChI=1S/C43H33N3O2/c47-41-28-37-31(23-26-36-35-16-8-10-18-40(35)44-42(36)37)27-38(41)43(48)45-39-17-9-7-11-30(39)22-19-29-20-24-34(25-21-29)46(32-12-3-1-4-13-32)33-14-5-2-6-15-33/h1-18,20-21,23-28,44,47H,19,22H2,(H,45,48). The molecule has 0 aliphatic rings. The number of para-hydroxylation sites is 4. The minimum absolute atomic E-state index is 0.0521. The van der Waals surface area contributed by atoms with Crippen molar-refractivity contribution in [3.63, 3.8) is 0 Å². The molecule has 0 aliphatic carbocycles. The van der Waals surface area contributed by atoms with Crippen molar-refractivity contribution in [2.24, 2.45) is 0 Å². The number of amides is 1. The summed E-state index contributed by atoms with van der Waals surface area (Å²) in [5.41, 5.74) is 8.49. The van der Waals surface area contributed by atoms with Gasteiger partial charge in [0.2, 0.25) is 0 Å². The monoisotopic (exact) mass is 623 g/mol. The highest BCUT2D eigenvalue weighted by atomic mass is 16.3. The van der Waals surface area contributed by atoms with Crippen molar-refractivity contribution in [3.05, 3.63) is 174 Å². The Morgan fingerprint density at radius 2 is 1.25 bits per heavy atom.